The van der Waals surface area contributed by atoms with E-state index in [0.29, 0.717) is 0 Å². The van der Waals surface area contributed by atoms with Gasteiger partial charge in [0.1, 0.15) is 5.82 Å². The minimum Gasteiger partial charge on any atom is -0.354 e. The van der Waals surface area contributed by atoms with Crippen LogP contribution in [0.1, 0.15) is 24.2 Å². The number of anilines is 1. The van der Waals surface area contributed by atoms with Gasteiger partial charge >= 0.3 is 0 Å². The van der Waals surface area contributed by atoms with Crippen LogP contribution in [0.4, 0.5) is 5.82 Å². The lowest BCUT2D eigenvalue weighted by Gasteiger charge is -2.42. The van der Waals surface area contributed by atoms with Crippen molar-refractivity contribution in [1.82, 2.24) is 24.4 Å². The predicted octanol–water partition coefficient (Wildman–Crippen LogP) is 1.56. The van der Waals surface area contributed by atoms with Gasteiger partial charge in [0.2, 0.25) is 0 Å². The predicted molar refractivity (Wildman–Crippen MR) is 96.8 cm³/mol. The number of likely N-dealkylation sites (tertiary alicyclic amines) is 1. The molecule has 0 radical (unpaired) electrons. The molecule has 6 heteroatoms. The van der Waals surface area contributed by atoms with Crippen LogP contribution in [0.3, 0.4) is 0 Å². The number of piperazine rings is 1. The topological polar surface area (TPSA) is 39.9 Å². The van der Waals surface area contributed by atoms with Crippen molar-refractivity contribution in [1.29, 1.82) is 0 Å². The lowest BCUT2D eigenvalue weighted by atomic mass is 10.0. The normalized spacial score (nSPS) is 21.7. The minimum atomic E-state index is 0.773. The van der Waals surface area contributed by atoms with Gasteiger partial charge in [-0.15, -0.1) is 0 Å². The smallest absolute Gasteiger partial charge is 0.157 e. The Morgan fingerprint density at radius 3 is 2.33 bits per heavy atom. The average molecular weight is 328 g/mol. The monoisotopic (exact) mass is 328 g/mol. The van der Waals surface area contributed by atoms with Crippen molar-refractivity contribution in [3.8, 4) is 0 Å². The molecule has 0 saturated carbocycles. The first-order chi connectivity index (χ1) is 11.6. The molecule has 4 heterocycles. The summed E-state index contributed by atoms with van der Waals surface area (Å²) in [5.41, 5.74) is 3.05. The molecule has 2 aromatic heterocycles. The summed E-state index contributed by atoms with van der Waals surface area (Å²) in [6.07, 6.45) is 2.63. The standard InChI is InChI=1S/C18H28N6/c1-14-13-18(24-17(19-14)12-15(2)20-24)23-10-8-22(9-11-23)16-4-6-21(3)7-5-16/h12-13,16H,4-11H2,1-3H3. The third kappa shape index (κ3) is 3.00. The zero-order valence-electron chi connectivity index (χ0n) is 15.1. The van der Waals surface area contributed by atoms with Crippen molar-refractivity contribution in [2.75, 3.05) is 51.2 Å². The molecule has 2 fully saturated rings. The van der Waals surface area contributed by atoms with E-state index in [-0.39, 0.29) is 0 Å². The van der Waals surface area contributed by atoms with Gasteiger partial charge in [-0.2, -0.15) is 9.61 Å². The molecule has 0 aliphatic carbocycles. The second kappa shape index (κ2) is 6.33. The summed E-state index contributed by atoms with van der Waals surface area (Å²) < 4.78 is 2.01. The fourth-order valence-electron chi connectivity index (χ4n) is 4.10. The van der Waals surface area contributed by atoms with E-state index in [1.165, 1.54) is 31.7 Å². The lowest BCUT2D eigenvalue weighted by Crippen LogP contribution is -2.53. The summed E-state index contributed by atoms with van der Waals surface area (Å²) in [7, 11) is 2.23. The summed E-state index contributed by atoms with van der Waals surface area (Å²) in [6, 6.07) is 5.00. The van der Waals surface area contributed by atoms with Crippen LogP contribution in [0.5, 0.6) is 0 Å². The third-order valence-corrected chi connectivity index (χ3v) is 5.50. The van der Waals surface area contributed by atoms with E-state index in [0.717, 1.165) is 49.3 Å². The second-order valence-corrected chi connectivity index (χ2v) is 7.37. The van der Waals surface area contributed by atoms with Crippen LogP contribution in [0, 0.1) is 13.8 Å². The summed E-state index contributed by atoms with van der Waals surface area (Å²) in [5.74, 6) is 1.19. The summed E-state index contributed by atoms with van der Waals surface area (Å²) in [4.78, 5) is 12.2. The van der Waals surface area contributed by atoms with E-state index in [1.54, 1.807) is 0 Å². The quantitative estimate of drug-likeness (QED) is 0.837. The first kappa shape index (κ1) is 15.8. The highest BCUT2D eigenvalue weighted by molar-refractivity contribution is 5.52. The van der Waals surface area contributed by atoms with E-state index in [4.69, 9.17) is 0 Å². The number of aromatic nitrogens is 3. The summed E-state index contributed by atoms with van der Waals surface area (Å²) in [6.45, 7) is 11.0. The highest BCUT2D eigenvalue weighted by Gasteiger charge is 2.27. The van der Waals surface area contributed by atoms with Gasteiger partial charge in [-0.25, -0.2) is 4.98 Å². The molecule has 0 unspecified atom stereocenters. The van der Waals surface area contributed by atoms with Gasteiger partial charge in [0.25, 0.3) is 0 Å². The van der Waals surface area contributed by atoms with Crippen LogP contribution in [0.25, 0.3) is 5.65 Å². The molecule has 4 rings (SSSR count). The molecule has 2 aliphatic heterocycles. The van der Waals surface area contributed by atoms with E-state index >= 15 is 0 Å². The van der Waals surface area contributed by atoms with Crippen LogP contribution < -0.4 is 4.90 Å². The number of rotatable bonds is 2. The first-order valence-electron chi connectivity index (χ1n) is 9.12. The minimum absolute atomic E-state index is 0.773. The van der Waals surface area contributed by atoms with E-state index in [9.17, 15) is 0 Å². The van der Waals surface area contributed by atoms with Crippen LogP contribution in [0.15, 0.2) is 12.1 Å². The molecule has 2 aliphatic rings. The zero-order valence-corrected chi connectivity index (χ0v) is 15.1. The Hall–Kier alpha value is -1.66. The Labute approximate surface area is 144 Å². The average Bonchev–Trinajstić information content (AvgIpc) is 2.95. The number of hydrogen-bond donors (Lipinski definition) is 0. The van der Waals surface area contributed by atoms with E-state index in [2.05, 4.69) is 50.9 Å². The maximum absolute atomic E-state index is 4.64. The summed E-state index contributed by atoms with van der Waals surface area (Å²) in [5, 5.41) is 4.64. The fourth-order valence-corrected chi connectivity index (χ4v) is 4.10. The molecular formula is C18H28N6. The molecule has 0 spiro atoms. The maximum atomic E-state index is 4.64. The Kier molecular flexibility index (Phi) is 4.18. The molecule has 0 bridgehead atoms. The number of fused-ring (bicyclic) bond motifs is 1. The van der Waals surface area contributed by atoms with Gasteiger partial charge < -0.3 is 9.80 Å². The molecule has 0 atom stereocenters. The van der Waals surface area contributed by atoms with Gasteiger partial charge in [0.15, 0.2) is 5.65 Å². The van der Waals surface area contributed by atoms with Gasteiger partial charge in [-0.1, -0.05) is 0 Å². The molecule has 2 saturated heterocycles. The van der Waals surface area contributed by atoms with Gasteiger partial charge in [-0.3, -0.25) is 4.90 Å². The first-order valence-corrected chi connectivity index (χ1v) is 9.12. The van der Waals surface area contributed by atoms with Crippen molar-refractivity contribution >= 4 is 11.5 Å². The Morgan fingerprint density at radius 2 is 1.62 bits per heavy atom. The summed E-state index contributed by atoms with van der Waals surface area (Å²) >= 11 is 0. The van der Waals surface area contributed by atoms with Crippen molar-refractivity contribution in [2.24, 2.45) is 0 Å². The number of aryl methyl sites for hydroxylation is 2. The van der Waals surface area contributed by atoms with Crippen molar-refractivity contribution in [3.63, 3.8) is 0 Å². The molecular weight excluding hydrogens is 300 g/mol. The highest BCUT2D eigenvalue weighted by atomic mass is 15.4. The molecule has 6 nitrogen and oxygen atoms in total. The van der Waals surface area contributed by atoms with Crippen LogP contribution >= 0.6 is 0 Å². The van der Waals surface area contributed by atoms with Crippen molar-refractivity contribution < 1.29 is 0 Å². The molecule has 0 N–H and O–H groups in total. The lowest BCUT2D eigenvalue weighted by molar-refractivity contribution is 0.115. The highest BCUT2D eigenvalue weighted by Crippen LogP contribution is 2.22. The molecule has 0 amide bonds. The molecule has 2 aromatic rings. The van der Waals surface area contributed by atoms with E-state index in [1.807, 2.05) is 11.4 Å². The second-order valence-electron chi connectivity index (χ2n) is 7.37. The van der Waals surface area contributed by atoms with Gasteiger partial charge in [-0.05, 0) is 46.8 Å². The fraction of sp³-hybridized carbons (Fsp3) is 0.667. The Morgan fingerprint density at radius 1 is 0.917 bits per heavy atom. The zero-order chi connectivity index (χ0) is 16.7. The Balaban J connectivity index is 1.48. The largest absolute Gasteiger partial charge is 0.354 e. The van der Waals surface area contributed by atoms with Crippen molar-refractivity contribution in [3.05, 3.63) is 23.5 Å². The molecule has 0 aromatic carbocycles. The number of hydrogen-bond acceptors (Lipinski definition) is 5. The number of nitrogens with zero attached hydrogens (tertiary/aromatic N) is 6. The SMILES string of the molecule is Cc1cc(N2CCN(C3CCN(C)CC3)CC2)n2nc(C)cc2n1. The molecule has 130 valence electrons. The molecule has 24 heavy (non-hydrogen) atoms. The van der Waals surface area contributed by atoms with Crippen molar-refractivity contribution in [2.45, 2.75) is 32.7 Å². The number of piperidine rings is 1. The Bertz CT molecular complexity index is 708. The van der Waals surface area contributed by atoms with E-state index < -0.39 is 0 Å². The van der Waals surface area contributed by atoms with Crippen LogP contribution in [-0.2, 0) is 0 Å². The maximum Gasteiger partial charge on any atom is 0.157 e. The van der Waals surface area contributed by atoms with Gasteiger partial charge in [0, 0.05) is 50.0 Å². The van der Waals surface area contributed by atoms with Crippen LogP contribution in [0.2, 0.25) is 0 Å². The van der Waals surface area contributed by atoms with Gasteiger partial charge in [0.05, 0.1) is 5.69 Å². The van der Waals surface area contributed by atoms with Crippen LogP contribution in [-0.4, -0.2) is 76.8 Å². The third-order valence-electron chi connectivity index (χ3n) is 5.50.